The monoisotopic (exact) mass is 629 g/mol. The van der Waals surface area contributed by atoms with E-state index in [1.165, 1.54) is 49.4 Å². The normalized spacial score (nSPS) is 12.6. The third-order valence-corrected chi connectivity index (χ3v) is 8.53. The van der Waals surface area contributed by atoms with Gasteiger partial charge in [0.25, 0.3) is 10.0 Å². The highest BCUT2D eigenvalue weighted by atomic mass is 35.5. The Kier molecular flexibility index (Phi) is 10.3. The van der Waals surface area contributed by atoms with Crippen molar-refractivity contribution in [1.82, 2.24) is 10.2 Å². The van der Waals surface area contributed by atoms with Crippen LogP contribution in [0.5, 0.6) is 0 Å². The van der Waals surface area contributed by atoms with Crippen molar-refractivity contribution in [1.29, 1.82) is 0 Å². The first-order chi connectivity index (χ1) is 19.1. The molecule has 1 atom stereocenters. The number of amides is 2. The van der Waals surface area contributed by atoms with Gasteiger partial charge in [-0.1, -0.05) is 53.5 Å². The predicted octanol–water partition coefficient (Wildman–Crippen LogP) is 6.15. The van der Waals surface area contributed by atoms with Gasteiger partial charge < -0.3 is 10.2 Å². The molecule has 0 aliphatic heterocycles. The summed E-state index contributed by atoms with van der Waals surface area (Å²) in [5, 5.41) is 3.18. The van der Waals surface area contributed by atoms with Crippen LogP contribution in [-0.4, -0.2) is 43.8 Å². The van der Waals surface area contributed by atoms with Crippen LogP contribution < -0.4 is 9.62 Å². The number of alkyl halides is 3. The number of nitrogens with zero attached hydrogens (tertiary/aromatic N) is 2. The maximum Gasteiger partial charge on any atom is 0.416 e. The fourth-order valence-corrected chi connectivity index (χ4v) is 5.66. The largest absolute Gasteiger partial charge is 0.416 e. The molecule has 41 heavy (non-hydrogen) atoms. The van der Waals surface area contributed by atoms with Crippen LogP contribution in [0.15, 0.2) is 77.7 Å². The Morgan fingerprint density at radius 1 is 0.902 bits per heavy atom. The van der Waals surface area contributed by atoms with Gasteiger partial charge in [0.1, 0.15) is 12.6 Å². The molecule has 0 aliphatic carbocycles. The van der Waals surface area contributed by atoms with Gasteiger partial charge in [-0.05, 0) is 68.8 Å². The van der Waals surface area contributed by atoms with Crippen LogP contribution in [0.4, 0.5) is 18.9 Å². The predicted molar refractivity (Wildman–Crippen MR) is 152 cm³/mol. The van der Waals surface area contributed by atoms with Crippen LogP contribution in [0.2, 0.25) is 10.0 Å². The topological polar surface area (TPSA) is 86.8 Å². The lowest BCUT2D eigenvalue weighted by molar-refractivity contribution is -0.139. The molecule has 3 aromatic rings. The van der Waals surface area contributed by atoms with Crippen molar-refractivity contribution in [2.45, 2.75) is 50.5 Å². The van der Waals surface area contributed by atoms with Crippen molar-refractivity contribution >= 4 is 50.7 Å². The van der Waals surface area contributed by atoms with Gasteiger partial charge in [-0.25, -0.2) is 8.42 Å². The van der Waals surface area contributed by atoms with E-state index in [1.54, 1.807) is 26.0 Å². The zero-order valence-corrected chi connectivity index (χ0v) is 24.7. The Morgan fingerprint density at radius 2 is 1.56 bits per heavy atom. The average Bonchev–Trinajstić information content (AvgIpc) is 2.91. The number of halogens is 5. The van der Waals surface area contributed by atoms with E-state index in [-0.39, 0.29) is 33.2 Å². The molecular weight excluding hydrogens is 602 g/mol. The number of nitrogens with one attached hydrogen (secondary N) is 1. The van der Waals surface area contributed by atoms with E-state index in [0.717, 1.165) is 17.0 Å². The standard InChI is InChI=1S/C28H28Cl2F3N3O4S/c1-18(2)34-27(38)19(3)35(16-20-12-13-24(29)25(30)14-20)26(37)17-36(41(39,40)23-10-5-4-6-11-23)22-9-7-8-21(15-22)28(31,32)33/h4-15,18-19H,16-17H2,1-3H3,(H,34,38). The summed E-state index contributed by atoms with van der Waals surface area (Å²) in [6, 6.07) is 14.0. The second-order valence-corrected chi connectivity index (χ2v) is 12.2. The smallest absolute Gasteiger partial charge is 0.352 e. The minimum atomic E-state index is -4.76. The van der Waals surface area contributed by atoms with Crippen molar-refractivity contribution in [2.24, 2.45) is 0 Å². The summed E-state index contributed by atoms with van der Waals surface area (Å²) in [7, 11) is -4.52. The number of sulfonamides is 1. The van der Waals surface area contributed by atoms with Gasteiger partial charge >= 0.3 is 6.18 Å². The van der Waals surface area contributed by atoms with Gasteiger partial charge in [0, 0.05) is 12.6 Å². The van der Waals surface area contributed by atoms with Crippen molar-refractivity contribution in [3.05, 3.63) is 94.0 Å². The summed E-state index contributed by atoms with van der Waals surface area (Å²) in [5.41, 5.74) is -0.965. The summed E-state index contributed by atoms with van der Waals surface area (Å²) < 4.78 is 68.6. The molecule has 220 valence electrons. The zero-order chi connectivity index (χ0) is 30.5. The molecule has 1 unspecified atom stereocenters. The first kappa shape index (κ1) is 32.2. The van der Waals surface area contributed by atoms with Gasteiger partial charge in [0.15, 0.2) is 0 Å². The summed E-state index contributed by atoms with van der Waals surface area (Å²) in [5.74, 6) is -1.34. The number of anilines is 1. The quantitative estimate of drug-likeness (QED) is 0.291. The molecule has 3 aromatic carbocycles. The Bertz CT molecular complexity index is 1500. The van der Waals surface area contributed by atoms with Crippen LogP contribution in [0.25, 0.3) is 0 Å². The highest BCUT2D eigenvalue weighted by Gasteiger charge is 2.35. The molecule has 13 heteroatoms. The molecule has 2 amide bonds. The minimum absolute atomic E-state index is 0.162. The Labute approximate surface area is 246 Å². The Morgan fingerprint density at radius 3 is 2.15 bits per heavy atom. The molecule has 7 nitrogen and oxygen atoms in total. The highest BCUT2D eigenvalue weighted by molar-refractivity contribution is 7.92. The van der Waals surface area contributed by atoms with Gasteiger partial charge in [-0.2, -0.15) is 13.2 Å². The molecular formula is C28H28Cl2F3N3O4S. The number of benzene rings is 3. The molecule has 1 N–H and O–H groups in total. The lowest BCUT2D eigenvalue weighted by Gasteiger charge is -2.32. The number of rotatable bonds is 10. The molecule has 0 aliphatic rings. The molecule has 0 fully saturated rings. The molecule has 0 bridgehead atoms. The van der Waals surface area contributed by atoms with Crippen molar-refractivity contribution in [3.63, 3.8) is 0 Å². The molecule has 0 saturated heterocycles. The van der Waals surface area contributed by atoms with Crippen LogP contribution in [0.3, 0.4) is 0 Å². The van der Waals surface area contributed by atoms with Crippen molar-refractivity contribution in [2.75, 3.05) is 10.8 Å². The maximum absolute atomic E-state index is 13.8. The molecule has 0 saturated carbocycles. The zero-order valence-electron chi connectivity index (χ0n) is 22.3. The summed E-state index contributed by atoms with van der Waals surface area (Å²) in [6.45, 7) is 3.88. The number of carbonyl (C=O) groups is 2. The number of hydrogen-bond acceptors (Lipinski definition) is 4. The lowest BCUT2D eigenvalue weighted by atomic mass is 10.1. The average molecular weight is 631 g/mol. The fraction of sp³-hybridized carbons (Fsp3) is 0.286. The Hall–Kier alpha value is -3.28. The molecule has 0 aromatic heterocycles. The second-order valence-electron chi connectivity index (χ2n) is 9.48. The van der Waals surface area contributed by atoms with Crippen LogP contribution in [0.1, 0.15) is 31.9 Å². The number of carbonyl (C=O) groups excluding carboxylic acids is 2. The van der Waals surface area contributed by atoms with E-state index in [0.29, 0.717) is 15.9 Å². The maximum atomic E-state index is 13.8. The molecule has 0 radical (unpaired) electrons. The van der Waals surface area contributed by atoms with Crippen LogP contribution in [0, 0.1) is 0 Å². The van der Waals surface area contributed by atoms with E-state index >= 15 is 0 Å². The van der Waals surface area contributed by atoms with Gasteiger partial charge in [0.2, 0.25) is 11.8 Å². The third kappa shape index (κ3) is 8.15. The van der Waals surface area contributed by atoms with E-state index in [1.807, 2.05) is 0 Å². The van der Waals surface area contributed by atoms with Crippen LogP contribution in [-0.2, 0) is 32.3 Å². The van der Waals surface area contributed by atoms with Gasteiger partial charge in [0.05, 0.1) is 26.2 Å². The minimum Gasteiger partial charge on any atom is -0.352 e. The first-order valence-electron chi connectivity index (χ1n) is 12.4. The summed E-state index contributed by atoms with van der Waals surface area (Å²) in [4.78, 5) is 27.7. The fourth-order valence-electron chi connectivity index (χ4n) is 3.91. The lowest BCUT2D eigenvalue weighted by Crippen LogP contribution is -2.52. The Balaban J connectivity index is 2.09. The number of hydrogen-bond donors (Lipinski definition) is 1. The summed E-state index contributed by atoms with van der Waals surface area (Å²) in [6.07, 6.45) is -4.76. The van der Waals surface area contributed by atoms with E-state index in [2.05, 4.69) is 5.32 Å². The van der Waals surface area contributed by atoms with Crippen molar-refractivity contribution in [3.8, 4) is 0 Å². The third-order valence-electron chi connectivity index (χ3n) is 6.01. The van der Waals surface area contributed by atoms with E-state index < -0.39 is 46.2 Å². The SMILES string of the molecule is CC(C)NC(=O)C(C)N(Cc1ccc(Cl)c(Cl)c1)C(=O)CN(c1cccc(C(F)(F)F)c1)S(=O)(=O)c1ccccc1. The van der Waals surface area contributed by atoms with Crippen molar-refractivity contribution < 1.29 is 31.2 Å². The van der Waals surface area contributed by atoms with E-state index in [9.17, 15) is 31.2 Å². The first-order valence-corrected chi connectivity index (χ1v) is 14.6. The summed E-state index contributed by atoms with van der Waals surface area (Å²) >= 11 is 12.1. The van der Waals surface area contributed by atoms with Crippen LogP contribution >= 0.6 is 23.2 Å². The molecule has 0 spiro atoms. The second kappa shape index (κ2) is 13.1. The van der Waals surface area contributed by atoms with Gasteiger partial charge in [-0.15, -0.1) is 0 Å². The molecule has 3 rings (SSSR count). The van der Waals surface area contributed by atoms with Gasteiger partial charge in [-0.3, -0.25) is 13.9 Å². The molecule has 0 heterocycles. The van der Waals surface area contributed by atoms with E-state index in [4.69, 9.17) is 23.2 Å². The highest BCUT2D eigenvalue weighted by Crippen LogP contribution is 2.33.